The number of hydrogen-bond donors (Lipinski definition) is 3. The van der Waals surface area contributed by atoms with Crippen molar-refractivity contribution in [3.8, 4) is 0 Å². The minimum atomic E-state index is -0.837. The third kappa shape index (κ3) is 3.17. The molecule has 1 rings (SSSR count). The Hall–Kier alpha value is -1.14. The van der Waals surface area contributed by atoms with Gasteiger partial charge in [0.2, 0.25) is 5.91 Å². The van der Waals surface area contributed by atoms with Crippen LogP contribution in [0.5, 0.6) is 0 Å². The molecule has 6 heteroatoms. The maximum absolute atomic E-state index is 13.3. The molecule has 82 valence electrons. The lowest BCUT2D eigenvalue weighted by Crippen LogP contribution is -2.41. The molecular weight excluding hydrogens is 265 g/mol. The van der Waals surface area contributed by atoms with Crippen LogP contribution in [0, 0.1) is 5.82 Å². The number of amides is 1. The van der Waals surface area contributed by atoms with Gasteiger partial charge in [-0.25, -0.2) is 4.39 Å². The fourth-order valence-corrected chi connectivity index (χ4v) is 1.46. The third-order valence-corrected chi connectivity index (χ3v) is 2.49. The molecule has 0 bridgehead atoms. The van der Waals surface area contributed by atoms with Gasteiger partial charge in [0.25, 0.3) is 0 Å². The summed E-state index contributed by atoms with van der Waals surface area (Å²) in [4.78, 5) is 10.6. The van der Waals surface area contributed by atoms with E-state index in [0.29, 0.717) is 4.47 Å². The Bertz CT molecular complexity index is 352. The largest absolute Gasteiger partial charge is 0.380 e. The smallest absolute Gasteiger partial charge is 0.236 e. The van der Waals surface area contributed by atoms with Gasteiger partial charge in [-0.15, -0.1) is 0 Å². The van der Waals surface area contributed by atoms with Crippen molar-refractivity contribution in [1.29, 1.82) is 0 Å². The molecule has 5 N–H and O–H groups in total. The fourth-order valence-electron chi connectivity index (χ4n) is 0.979. The van der Waals surface area contributed by atoms with Crippen LogP contribution in [0.4, 0.5) is 10.1 Å². The number of rotatable bonds is 4. The predicted molar refractivity (Wildman–Crippen MR) is 59.8 cm³/mol. The number of primary amides is 1. The first-order chi connectivity index (χ1) is 7.02. The second-order valence-electron chi connectivity index (χ2n) is 2.99. The van der Waals surface area contributed by atoms with Crippen molar-refractivity contribution >= 4 is 27.5 Å². The van der Waals surface area contributed by atoms with Gasteiger partial charge in [0.05, 0.1) is 5.69 Å². The summed E-state index contributed by atoms with van der Waals surface area (Å²) in [5.74, 6) is -1.05. The quantitative estimate of drug-likeness (QED) is 0.761. The van der Waals surface area contributed by atoms with E-state index in [1.807, 2.05) is 0 Å². The first kappa shape index (κ1) is 11.9. The molecule has 0 fully saturated rings. The number of anilines is 1. The Morgan fingerprint density at radius 3 is 2.80 bits per heavy atom. The van der Waals surface area contributed by atoms with Crippen LogP contribution in [-0.4, -0.2) is 18.5 Å². The first-order valence-electron chi connectivity index (χ1n) is 4.25. The molecule has 0 aliphatic heterocycles. The molecule has 0 saturated carbocycles. The van der Waals surface area contributed by atoms with Crippen LogP contribution in [0.15, 0.2) is 22.7 Å². The summed E-state index contributed by atoms with van der Waals surface area (Å²) < 4.78 is 13.8. The van der Waals surface area contributed by atoms with Crippen LogP contribution < -0.4 is 16.8 Å². The highest BCUT2D eigenvalue weighted by molar-refractivity contribution is 9.10. The summed E-state index contributed by atoms with van der Waals surface area (Å²) >= 11 is 3.17. The standard InChI is InChI=1S/C9H11BrFN3O/c10-5-2-1-3-6(11)8(5)14-4-7(12)9(13)15/h1-3,7,14H,4,12H2,(H2,13,15). The highest BCUT2D eigenvalue weighted by atomic mass is 79.9. The van der Waals surface area contributed by atoms with Gasteiger partial charge >= 0.3 is 0 Å². The maximum atomic E-state index is 13.3. The molecule has 4 nitrogen and oxygen atoms in total. The maximum Gasteiger partial charge on any atom is 0.236 e. The molecule has 0 radical (unpaired) electrons. The third-order valence-electron chi connectivity index (χ3n) is 1.83. The van der Waals surface area contributed by atoms with Crippen LogP contribution in [0.25, 0.3) is 0 Å². The van der Waals surface area contributed by atoms with Crippen LogP contribution in [0.3, 0.4) is 0 Å². The lowest BCUT2D eigenvalue weighted by Gasteiger charge is -2.12. The SMILES string of the molecule is NC(=O)C(N)CNc1c(F)cccc1Br. The number of benzene rings is 1. The van der Waals surface area contributed by atoms with Crippen LogP contribution >= 0.6 is 15.9 Å². The van der Waals surface area contributed by atoms with Crippen molar-refractivity contribution in [3.63, 3.8) is 0 Å². The van der Waals surface area contributed by atoms with E-state index in [4.69, 9.17) is 11.5 Å². The van der Waals surface area contributed by atoms with E-state index in [-0.39, 0.29) is 12.2 Å². The van der Waals surface area contributed by atoms with Gasteiger partial charge in [-0.3, -0.25) is 4.79 Å². The molecule has 0 aromatic heterocycles. The van der Waals surface area contributed by atoms with E-state index in [9.17, 15) is 9.18 Å². The summed E-state index contributed by atoms with van der Waals surface area (Å²) in [5.41, 5.74) is 10.6. The van der Waals surface area contributed by atoms with Gasteiger partial charge in [-0.1, -0.05) is 6.07 Å². The fraction of sp³-hybridized carbons (Fsp3) is 0.222. The molecule has 1 atom stereocenters. The predicted octanol–water partition coefficient (Wildman–Crippen LogP) is 0.813. The normalized spacial score (nSPS) is 12.2. The Morgan fingerprint density at radius 1 is 1.60 bits per heavy atom. The van der Waals surface area contributed by atoms with Gasteiger partial charge < -0.3 is 16.8 Å². The number of para-hydroxylation sites is 1. The first-order valence-corrected chi connectivity index (χ1v) is 5.04. The minimum Gasteiger partial charge on any atom is -0.380 e. The van der Waals surface area contributed by atoms with Gasteiger partial charge in [0.1, 0.15) is 11.9 Å². The molecule has 0 heterocycles. The molecule has 0 saturated heterocycles. The Kier molecular flexibility index (Phi) is 4.05. The summed E-state index contributed by atoms with van der Waals surface area (Å²) in [7, 11) is 0. The van der Waals surface area contributed by atoms with Crippen LogP contribution in [0.2, 0.25) is 0 Å². The number of hydrogen-bond acceptors (Lipinski definition) is 3. The van der Waals surface area contributed by atoms with E-state index in [1.165, 1.54) is 6.07 Å². The molecule has 1 amide bonds. The Balaban J connectivity index is 2.69. The van der Waals surface area contributed by atoms with Gasteiger partial charge in [-0.2, -0.15) is 0 Å². The van der Waals surface area contributed by atoms with Crippen LogP contribution in [-0.2, 0) is 4.79 Å². The van der Waals surface area contributed by atoms with Crippen molar-refractivity contribution in [1.82, 2.24) is 0 Å². The lowest BCUT2D eigenvalue weighted by molar-refractivity contribution is -0.118. The molecule has 0 aliphatic rings. The zero-order chi connectivity index (χ0) is 11.4. The van der Waals surface area contributed by atoms with Gasteiger partial charge in [0.15, 0.2) is 0 Å². The summed E-state index contributed by atoms with van der Waals surface area (Å²) in [6.45, 7) is 0.0921. The van der Waals surface area contributed by atoms with Gasteiger partial charge in [0, 0.05) is 11.0 Å². The number of nitrogens with two attached hydrogens (primary N) is 2. The monoisotopic (exact) mass is 275 g/mol. The second-order valence-corrected chi connectivity index (χ2v) is 3.84. The zero-order valence-electron chi connectivity index (χ0n) is 7.84. The summed E-state index contributed by atoms with van der Waals surface area (Å²) in [6, 6.07) is 3.72. The molecule has 15 heavy (non-hydrogen) atoms. The van der Waals surface area contributed by atoms with Crippen molar-refractivity contribution < 1.29 is 9.18 Å². The number of nitrogens with one attached hydrogen (secondary N) is 1. The zero-order valence-corrected chi connectivity index (χ0v) is 9.42. The summed E-state index contributed by atoms with van der Waals surface area (Å²) in [5, 5.41) is 2.71. The lowest BCUT2D eigenvalue weighted by atomic mass is 10.2. The van der Waals surface area contributed by atoms with Crippen molar-refractivity contribution in [2.45, 2.75) is 6.04 Å². The molecular formula is C9H11BrFN3O. The highest BCUT2D eigenvalue weighted by Crippen LogP contribution is 2.24. The average Bonchev–Trinajstić information content (AvgIpc) is 2.16. The molecule has 1 unspecified atom stereocenters. The Morgan fingerprint density at radius 2 is 2.27 bits per heavy atom. The summed E-state index contributed by atoms with van der Waals surface area (Å²) in [6.07, 6.45) is 0. The minimum absolute atomic E-state index is 0.0921. The van der Waals surface area contributed by atoms with E-state index in [2.05, 4.69) is 21.2 Å². The number of carbonyl (C=O) groups excluding carboxylic acids is 1. The van der Waals surface area contributed by atoms with E-state index in [1.54, 1.807) is 12.1 Å². The molecule has 0 aliphatic carbocycles. The van der Waals surface area contributed by atoms with E-state index < -0.39 is 17.8 Å². The number of carbonyl (C=O) groups is 1. The molecule has 0 spiro atoms. The van der Waals surface area contributed by atoms with Crippen molar-refractivity contribution in [2.24, 2.45) is 11.5 Å². The highest BCUT2D eigenvalue weighted by Gasteiger charge is 2.11. The van der Waals surface area contributed by atoms with Crippen molar-refractivity contribution in [2.75, 3.05) is 11.9 Å². The average molecular weight is 276 g/mol. The number of halogens is 2. The van der Waals surface area contributed by atoms with Gasteiger partial charge in [-0.05, 0) is 28.1 Å². The molecule has 1 aromatic carbocycles. The van der Waals surface area contributed by atoms with E-state index >= 15 is 0 Å². The van der Waals surface area contributed by atoms with E-state index in [0.717, 1.165) is 0 Å². The topological polar surface area (TPSA) is 81.1 Å². The van der Waals surface area contributed by atoms with Crippen molar-refractivity contribution in [3.05, 3.63) is 28.5 Å². The molecule has 1 aromatic rings. The van der Waals surface area contributed by atoms with Crippen LogP contribution in [0.1, 0.15) is 0 Å². The Labute approximate surface area is 95.0 Å². The second kappa shape index (κ2) is 5.09.